The smallest absolute Gasteiger partial charge is 0.251 e. The average molecular weight is 478 g/mol. The molecule has 1 aliphatic heterocycles. The van der Waals surface area contributed by atoms with Gasteiger partial charge in [-0.05, 0) is 74.4 Å². The van der Waals surface area contributed by atoms with E-state index in [9.17, 15) is 4.79 Å². The summed E-state index contributed by atoms with van der Waals surface area (Å²) in [6, 6.07) is 20.1. The number of halogens is 1. The number of rotatable bonds is 7. The Kier molecular flexibility index (Phi) is 7.31. The molecule has 0 fully saturated rings. The number of amides is 1. The van der Waals surface area contributed by atoms with Gasteiger partial charge in [-0.25, -0.2) is 0 Å². The Labute approximate surface area is 205 Å². The van der Waals surface area contributed by atoms with E-state index < -0.39 is 0 Å². The van der Waals surface area contributed by atoms with Gasteiger partial charge < -0.3 is 15.5 Å². The van der Waals surface area contributed by atoms with Gasteiger partial charge in [0.15, 0.2) is 0 Å². The van der Waals surface area contributed by atoms with E-state index in [1.165, 1.54) is 11.3 Å². The molecular weight excluding hydrogens is 450 g/mol. The monoisotopic (exact) mass is 477 g/mol. The van der Waals surface area contributed by atoms with Gasteiger partial charge in [-0.1, -0.05) is 42.1 Å². The zero-order valence-electron chi connectivity index (χ0n) is 19.0. The predicted molar refractivity (Wildman–Crippen MR) is 141 cm³/mol. The third-order valence-electron chi connectivity index (χ3n) is 5.65. The molecule has 2 N–H and O–H groups in total. The van der Waals surface area contributed by atoms with Crippen molar-refractivity contribution in [2.75, 3.05) is 29.9 Å². The zero-order valence-corrected chi connectivity index (χ0v) is 20.5. The van der Waals surface area contributed by atoms with Crippen molar-refractivity contribution in [2.24, 2.45) is 0 Å². The number of hydrogen-bond acceptors (Lipinski definition) is 4. The van der Waals surface area contributed by atoms with Crippen molar-refractivity contribution in [1.82, 2.24) is 5.32 Å². The molecule has 1 amide bonds. The minimum atomic E-state index is -0.0707. The van der Waals surface area contributed by atoms with Crippen LogP contribution in [0.3, 0.4) is 0 Å². The zero-order chi connectivity index (χ0) is 23.4. The molecule has 3 aromatic rings. The van der Waals surface area contributed by atoms with E-state index in [0.717, 1.165) is 46.2 Å². The van der Waals surface area contributed by atoms with Gasteiger partial charge in [-0.15, -0.1) is 0 Å². The molecular formula is C27H28ClN3OS. The summed E-state index contributed by atoms with van der Waals surface area (Å²) in [4.78, 5) is 17.3. The molecule has 0 saturated heterocycles. The standard InChI is InChI=1S/C27H28ClN3OS/c1-4-31(22-8-5-7-18(2)15-22)14-6-13-29-27(32)20-9-11-26-24(16-20)30-19(3)23-17-21(28)10-12-25(23)33-26/h5,7-12,15-17,30H,3-4,6,13-14H2,1-2H3,(H,29,32). The van der Waals surface area contributed by atoms with Gasteiger partial charge in [0.1, 0.15) is 0 Å². The minimum absolute atomic E-state index is 0.0707. The summed E-state index contributed by atoms with van der Waals surface area (Å²) in [5.74, 6) is -0.0707. The maximum atomic E-state index is 12.8. The van der Waals surface area contributed by atoms with E-state index in [1.807, 2.05) is 36.4 Å². The number of carbonyl (C=O) groups is 1. The van der Waals surface area contributed by atoms with E-state index in [2.05, 4.69) is 60.2 Å². The molecule has 0 aliphatic carbocycles. The van der Waals surface area contributed by atoms with E-state index in [4.69, 9.17) is 11.6 Å². The van der Waals surface area contributed by atoms with Gasteiger partial charge in [0, 0.05) is 57.0 Å². The SMILES string of the molecule is C=C1Nc2cc(C(=O)NCCCN(CC)c3cccc(C)c3)ccc2Sc2ccc(Cl)cc21. The van der Waals surface area contributed by atoms with Gasteiger partial charge in [-0.2, -0.15) is 0 Å². The fourth-order valence-electron chi connectivity index (χ4n) is 3.90. The van der Waals surface area contributed by atoms with Crippen molar-refractivity contribution in [1.29, 1.82) is 0 Å². The lowest BCUT2D eigenvalue weighted by Crippen LogP contribution is -2.30. The lowest BCUT2D eigenvalue weighted by Gasteiger charge is -2.23. The Morgan fingerprint density at radius 2 is 1.94 bits per heavy atom. The predicted octanol–water partition coefficient (Wildman–Crippen LogP) is 6.84. The van der Waals surface area contributed by atoms with Crippen LogP contribution in [0.4, 0.5) is 11.4 Å². The van der Waals surface area contributed by atoms with Crippen LogP contribution < -0.4 is 15.5 Å². The highest BCUT2D eigenvalue weighted by Crippen LogP contribution is 2.42. The van der Waals surface area contributed by atoms with Crippen molar-refractivity contribution >= 4 is 46.3 Å². The molecule has 33 heavy (non-hydrogen) atoms. The number of hydrogen-bond donors (Lipinski definition) is 2. The average Bonchev–Trinajstić information content (AvgIpc) is 2.94. The molecule has 3 aromatic carbocycles. The highest BCUT2D eigenvalue weighted by atomic mass is 35.5. The van der Waals surface area contributed by atoms with Crippen LogP contribution >= 0.6 is 23.4 Å². The highest BCUT2D eigenvalue weighted by Gasteiger charge is 2.18. The first-order valence-electron chi connectivity index (χ1n) is 11.1. The van der Waals surface area contributed by atoms with Crippen molar-refractivity contribution in [3.05, 3.63) is 89.0 Å². The van der Waals surface area contributed by atoms with Crippen molar-refractivity contribution in [3.8, 4) is 0 Å². The van der Waals surface area contributed by atoms with E-state index in [1.54, 1.807) is 11.8 Å². The van der Waals surface area contributed by atoms with Gasteiger partial charge in [-0.3, -0.25) is 4.79 Å². The lowest BCUT2D eigenvalue weighted by molar-refractivity contribution is 0.0953. The van der Waals surface area contributed by atoms with Gasteiger partial charge >= 0.3 is 0 Å². The number of anilines is 2. The molecule has 0 aromatic heterocycles. The second kappa shape index (κ2) is 10.4. The molecule has 0 bridgehead atoms. The normalized spacial score (nSPS) is 12.3. The Morgan fingerprint density at radius 3 is 2.73 bits per heavy atom. The molecule has 4 rings (SSSR count). The summed E-state index contributed by atoms with van der Waals surface area (Å²) in [5.41, 5.74) is 5.73. The number of nitrogens with zero attached hydrogens (tertiary/aromatic N) is 1. The number of aryl methyl sites for hydroxylation is 1. The molecule has 1 heterocycles. The first kappa shape index (κ1) is 23.3. The number of carbonyl (C=O) groups excluding carboxylic acids is 1. The highest BCUT2D eigenvalue weighted by molar-refractivity contribution is 7.99. The molecule has 0 atom stereocenters. The lowest BCUT2D eigenvalue weighted by atomic mass is 10.1. The maximum Gasteiger partial charge on any atom is 0.251 e. The van der Waals surface area contributed by atoms with Crippen LogP contribution in [0.15, 0.2) is 77.0 Å². The first-order chi connectivity index (χ1) is 15.9. The molecule has 170 valence electrons. The second-order valence-corrected chi connectivity index (χ2v) is 9.61. The van der Waals surface area contributed by atoms with Crippen LogP contribution in [0.5, 0.6) is 0 Å². The Morgan fingerprint density at radius 1 is 1.12 bits per heavy atom. The fourth-order valence-corrected chi connectivity index (χ4v) is 5.09. The van der Waals surface area contributed by atoms with Crippen molar-refractivity contribution in [3.63, 3.8) is 0 Å². The van der Waals surface area contributed by atoms with Crippen LogP contribution in [0.25, 0.3) is 5.70 Å². The third kappa shape index (κ3) is 5.55. The van der Waals surface area contributed by atoms with E-state index in [-0.39, 0.29) is 5.91 Å². The van der Waals surface area contributed by atoms with Crippen molar-refractivity contribution < 1.29 is 4.79 Å². The summed E-state index contributed by atoms with van der Waals surface area (Å²) < 4.78 is 0. The van der Waals surface area contributed by atoms with Crippen molar-refractivity contribution in [2.45, 2.75) is 30.1 Å². The molecule has 0 saturated carbocycles. The summed E-state index contributed by atoms with van der Waals surface area (Å²) in [7, 11) is 0. The quantitative estimate of drug-likeness (QED) is 0.365. The Hall–Kier alpha value is -2.89. The topological polar surface area (TPSA) is 44.4 Å². The molecule has 0 radical (unpaired) electrons. The Bertz CT molecular complexity index is 1190. The minimum Gasteiger partial charge on any atom is -0.372 e. The van der Waals surface area contributed by atoms with E-state index in [0.29, 0.717) is 17.1 Å². The summed E-state index contributed by atoms with van der Waals surface area (Å²) in [6.07, 6.45) is 0.874. The summed E-state index contributed by atoms with van der Waals surface area (Å²) in [6.45, 7) is 10.9. The van der Waals surface area contributed by atoms with Gasteiger partial charge in [0.25, 0.3) is 5.91 Å². The van der Waals surface area contributed by atoms with E-state index >= 15 is 0 Å². The largest absolute Gasteiger partial charge is 0.372 e. The fraction of sp³-hybridized carbons (Fsp3) is 0.222. The third-order valence-corrected chi connectivity index (χ3v) is 7.04. The molecule has 6 heteroatoms. The molecule has 0 spiro atoms. The number of nitrogens with one attached hydrogen (secondary N) is 2. The summed E-state index contributed by atoms with van der Waals surface area (Å²) >= 11 is 7.81. The van der Waals surface area contributed by atoms with Gasteiger partial charge in [0.2, 0.25) is 0 Å². The van der Waals surface area contributed by atoms with Crippen LogP contribution in [0.1, 0.15) is 34.8 Å². The molecule has 4 nitrogen and oxygen atoms in total. The summed E-state index contributed by atoms with van der Waals surface area (Å²) in [5, 5.41) is 7.09. The van der Waals surface area contributed by atoms with Crippen LogP contribution in [0.2, 0.25) is 5.02 Å². The number of benzene rings is 3. The van der Waals surface area contributed by atoms with Crippen LogP contribution in [0, 0.1) is 6.92 Å². The first-order valence-corrected chi connectivity index (χ1v) is 12.3. The van der Waals surface area contributed by atoms with Crippen LogP contribution in [-0.4, -0.2) is 25.5 Å². The van der Waals surface area contributed by atoms with Crippen LogP contribution in [-0.2, 0) is 0 Å². The Balaban J connectivity index is 1.37. The van der Waals surface area contributed by atoms with Gasteiger partial charge in [0.05, 0.1) is 5.69 Å². The molecule has 0 unspecified atom stereocenters. The molecule has 1 aliphatic rings. The maximum absolute atomic E-state index is 12.8. The second-order valence-electron chi connectivity index (χ2n) is 8.09. The number of fused-ring (bicyclic) bond motifs is 2.